The van der Waals surface area contributed by atoms with Gasteiger partial charge in [0.1, 0.15) is 0 Å². The molecule has 0 spiro atoms. The molecule has 0 radical (unpaired) electrons. The van der Waals surface area contributed by atoms with E-state index in [4.69, 9.17) is 5.26 Å². The van der Waals surface area contributed by atoms with E-state index in [0.717, 1.165) is 18.2 Å². The van der Waals surface area contributed by atoms with Gasteiger partial charge >= 0.3 is 0 Å². The van der Waals surface area contributed by atoms with Crippen molar-refractivity contribution in [1.82, 2.24) is 9.78 Å². The first kappa shape index (κ1) is 9.10. The van der Waals surface area contributed by atoms with Crippen LogP contribution >= 0.6 is 0 Å². The minimum Gasteiger partial charge on any atom is -0.267 e. The zero-order chi connectivity index (χ0) is 11.1. The smallest absolute Gasteiger partial charge is 0.267 e. The van der Waals surface area contributed by atoms with Crippen molar-refractivity contribution < 1.29 is 0 Å². The third-order valence-corrected chi connectivity index (χ3v) is 2.83. The molecule has 4 heteroatoms. The standard InChI is InChI=1S/C12H9N3O/c13-6-8-1-4-11-9(5-8)7-14-15(12(11)16)10-2-3-10/h1,4-5,7,10H,2-3H2. The number of nitrogens with zero attached hydrogens (tertiary/aromatic N) is 3. The van der Waals surface area contributed by atoms with Gasteiger partial charge in [-0.1, -0.05) is 0 Å². The number of rotatable bonds is 1. The summed E-state index contributed by atoms with van der Waals surface area (Å²) in [6.45, 7) is 0. The van der Waals surface area contributed by atoms with E-state index in [1.807, 2.05) is 0 Å². The largest absolute Gasteiger partial charge is 0.274 e. The molecule has 78 valence electrons. The van der Waals surface area contributed by atoms with Crippen LogP contribution < -0.4 is 5.56 Å². The molecule has 0 N–H and O–H groups in total. The van der Waals surface area contributed by atoms with E-state index in [9.17, 15) is 4.79 Å². The Hall–Kier alpha value is -2.15. The number of fused-ring (bicyclic) bond motifs is 1. The van der Waals surface area contributed by atoms with Gasteiger partial charge in [0.25, 0.3) is 5.56 Å². The van der Waals surface area contributed by atoms with Crippen LogP contribution in [-0.4, -0.2) is 9.78 Å². The quantitative estimate of drug-likeness (QED) is 0.719. The normalized spacial score (nSPS) is 14.9. The average molecular weight is 211 g/mol. The van der Waals surface area contributed by atoms with Crippen molar-refractivity contribution in [2.24, 2.45) is 0 Å². The highest BCUT2D eigenvalue weighted by molar-refractivity contribution is 5.81. The molecule has 3 rings (SSSR count). The molecule has 0 bridgehead atoms. The maximum absolute atomic E-state index is 12.0. The molecule has 1 saturated carbocycles. The molecule has 0 amide bonds. The lowest BCUT2D eigenvalue weighted by Gasteiger charge is -2.03. The summed E-state index contributed by atoms with van der Waals surface area (Å²) >= 11 is 0. The minimum absolute atomic E-state index is 0.0514. The van der Waals surface area contributed by atoms with Gasteiger partial charge in [0.05, 0.1) is 29.3 Å². The summed E-state index contributed by atoms with van der Waals surface area (Å²) in [4.78, 5) is 12.0. The van der Waals surface area contributed by atoms with E-state index in [2.05, 4.69) is 11.2 Å². The molecule has 1 fully saturated rings. The van der Waals surface area contributed by atoms with E-state index in [-0.39, 0.29) is 11.6 Å². The lowest BCUT2D eigenvalue weighted by molar-refractivity contribution is 0.606. The van der Waals surface area contributed by atoms with Gasteiger partial charge in [-0.3, -0.25) is 4.79 Å². The third-order valence-electron chi connectivity index (χ3n) is 2.83. The molecule has 1 aromatic heterocycles. The van der Waals surface area contributed by atoms with Crippen molar-refractivity contribution in [3.8, 4) is 6.07 Å². The monoisotopic (exact) mass is 211 g/mol. The highest BCUT2D eigenvalue weighted by Gasteiger charge is 2.26. The molecule has 1 aromatic carbocycles. The SMILES string of the molecule is N#Cc1ccc2c(=O)n(C3CC3)ncc2c1. The summed E-state index contributed by atoms with van der Waals surface area (Å²) in [6, 6.07) is 7.40. The van der Waals surface area contributed by atoms with Gasteiger partial charge < -0.3 is 0 Å². The van der Waals surface area contributed by atoms with Crippen molar-refractivity contribution in [3.63, 3.8) is 0 Å². The number of hydrogen-bond donors (Lipinski definition) is 0. The lowest BCUT2D eigenvalue weighted by atomic mass is 10.1. The second kappa shape index (κ2) is 3.17. The van der Waals surface area contributed by atoms with E-state index < -0.39 is 0 Å². The number of nitriles is 1. The number of aromatic nitrogens is 2. The van der Waals surface area contributed by atoms with Crippen LogP contribution in [0.15, 0.2) is 29.2 Å². The molecular formula is C12H9N3O. The van der Waals surface area contributed by atoms with Crippen molar-refractivity contribution in [2.45, 2.75) is 18.9 Å². The molecule has 1 aliphatic rings. The fourth-order valence-electron chi connectivity index (χ4n) is 1.81. The van der Waals surface area contributed by atoms with Crippen LogP contribution in [-0.2, 0) is 0 Å². The Morgan fingerprint density at radius 2 is 2.25 bits per heavy atom. The van der Waals surface area contributed by atoms with Crippen molar-refractivity contribution in [2.75, 3.05) is 0 Å². The zero-order valence-corrected chi connectivity index (χ0v) is 8.55. The fourth-order valence-corrected chi connectivity index (χ4v) is 1.81. The third kappa shape index (κ3) is 1.29. The predicted molar refractivity (Wildman–Crippen MR) is 59.0 cm³/mol. The Balaban J connectivity index is 2.29. The van der Waals surface area contributed by atoms with Gasteiger partial charge in [-0.2, -0.15) is 10.4 Å². The summed E-state index contributed by atoms with van der Waals surface area (Å²) in [6.07, 6.45) is 3.74. The number of benzene rings is 1. The molecular weight excluding hydrogens is 202 g/mol. The van der Waals surface area contributed by atoms with E-state index in [1.165, 1.54) is 0 Å². The minimum atomic E-state index is -0.0514. The Morgan fingerprint density at radius 3 is 2.94 bits per heavy atom. The van der Waals surface area contributed by atoms with Gasteiger partial charge in [0.2, 0.25) is 0 Å². The van der Waals surface area contributed by atoms with E-state index in [0.29, 0.717) is 10.9 Å². The van der Waals surface area contributed by atoms with Gasteiger partial charge in [-0.15, -0.1) is 0 Å². The topological polar surface area (TPSA) is 58.7 Å². The Kier molecular flexibility index (Phi) is 1.80. The summed E-state index contributed by atoms with van der Waals surface area (Å²) in [5.41, 5.74) is 0.502. The van der Waals surface area contributed by atoms with Gasteiger partial charge in [0, 0.05) is 5.39 Å². The summed E-state index contributed by atoms with van der Waals surface area (Å²) in [5, 5.41) is 14.3. The van der Waals surface area contributed by atoms with Crippen molar-refractivity contribution in [3.05, 3.63) is 40.3 Å². The molecule has 0 saturated heterocycles. The van der Waals surface area contributed by atoms with Crippen LogP contribution in [0.4, 0.5) is 0 Å². The van der Waals surface area contributed by atoms with Gasteiger partial charge in [-0.05, 0) is 31.0 Å². The molecule has 1 heterocycles. The van der Waals surface area contributed by atoms with E-state index in [1.54, 1.807) is 29.1 Å². The van der Waals surface area contributed by atoms with Crippen LogP contribution in [0.2, 0.25) is 0 Å². The van der Waals surface area contributed by atoms with Crippen LogP contribution in [0.25, 0.3) is 10.8 Å². The molecule has 16 heavy (non-hydrogen) atoms. The molecule has 2 aromatic rings. The molecule has 0 aliphatic heterocycles. The highest BCUT2D eigenvalue weighted by atomic mass is 16.1. The van der Waals surface area contributed by atoms with Crippen LogP contribution in [0.3, 0.4) is 0 Å². The first-order valence-electron chi connectivity index (χ1n) is 5.21. The summed E-state index contributed by atoms with van der Waals surface area (Å²) < 4.78 is 1.55. The fraction of sp³-hybridized carbons (Fsp3) is 0.250. The second-order valence-corrected chi connectivity index (χ2v) is 4.04. The van der Waals surface area contributed by atoms with Crippen LogP contribution in [0, 0.1) is 11.3 Å². The predicted octanol–water partition coefficient (Wildman–Crippen LogP) is 1.60. The zero-order valence-electron chi connectivity index (χ0n) is 8.55. The number of hydrogen-bond acceptors (Lipinski definition) is 3. The molecule has 0 atom stereocenters. The Morgan fingerprint density at radius 1 is 1.44 bits per heavy atom. The van der Waals surface area contributed by atoms with Crippen molar-refractivity contribution in [1.29, 1.82) is 5.26 Å². The van der Waals surface area contributed by atoms with Gasteiger partial charge in [-0.25, -0.2) is 4.68 Å². The molecule has 4 nitrogen and oxygen atoms in total. The Labute approximate surface area is 91.7 Å². The maximum atomic E-state index is 12.0. The lowest BCUT2D eigenvalue weighted by Crippen LogP contribution is -2.21. The summed E-state index contributed by atoms with van der Waals surface area (Å²) in [5.74, 6) is 0. The van der Waals surface area contributed by atoms with Crippen molar-refractivity contribution >= 4 is 10.8 Å². The maximum Gasteiger partial charge on any atom is 0.274 e. The average Bonchev–Trinajstić information content (AvgIpc) is 3.13. The van der Waals surface area contributed by atoms with E-state index >= 15 is 0 Å². The van der Waals surface area contributed by atoms with Crippen LogP contribution in [0.5, 0.6) is 0 Å². The summed E-state index contributed by atoms with van der Waals surface area (Å²) in [7, 11) is 0. The van der Waals surface area contributed by atoms with Gasteiger partial charge in [0.15, 0.2) is 0 Å². The second-order valence-electron chi connectivity index (χ2n) is 4.04. The molecule has 0 unspecified atom stereocenters. The Bertz CT molecular complexity index is 662. The van der Waals surface area contributed by atoms with Crippen LogP contribution in [0.1, 0.15) is 24.4 Å². The highest BCUT2D eigenvalue weighted by Crippen LogP contribution is 2.32. The first-order valence-corrected chi connectivity index (χ1v) is 5.21. The first-order chi connectivity index (χ1) is 7.79. The molecule has 1 aliphatic carbocycles.